The summed E-state index contributed by atoms with van der Waals surface area (Å²) in [6.45, 7) is 2.64. The summed E-state index contributed by atoms with van der Waals surface area (Å²) in [4.78, 5) is 25.8. The van der Waals surface area contributed by atoms with Crippen molar-refractivity contribution in [1.82, 2.24) is 4.90 Å². The van der Waals surface area contributed by atoms with Crippen LogP contribution in [0, 0.1) is 11.8 Å². The molecule has 4 heteroatoms. The summed E-state index contributed by atoms with van der Waals surface area (Å²) in [5.41, 5.74) is 1.17. The van der Waals surface area contributed by atoms with Crippen LogP contribution in [0.15, 0.2) is 30.3 Å². The van der Waals surface area contributed by atoms with Crippen molar-refractivity contribution in [3.63, 3.8) is 0 Å². The standard InChI is InChI=1S/C17H21NO3/c1-12(19)21-11-15-14(10-13-6-3-2-4-7-13)17(20)18-9-5-8-16(15)18/h2-4,6-7,14-16H,5,8-11H2,1H3/t14-,15-,16+/m1/s1. The van der Waals surface area contributed by atoms with Crippen LogP contribution in [0.3, 0.4) is 0 Å². The van der Waals surface area contributed by atoms with Gasteiger partial charge in [0.25, 0.3) is 0 Å². The number of amides is 1. The van der Waals surface area contributed by atoms with Gasteiger partial charge in [-0.3, -0.25) is 9.59 Å². The zero-order valence-electron chi connectivity index (χ0n) is 12.3. The summed E-state index contributed by atoms with van der Waals surface area (Å²) in [6.07, 6.45) is 2.83. The SMILES string of the molecule is CC(=O)OC[C@@H]1[C@@H](Cc2ccccc2)C(=O)N2CCC[C@@H]12. The van der Waals surface area contributed by atoms with Gasteiger partial charge in [0.15, 0.2) is 0 Å². The number of ether oxygens (including phenoxy) is 1. The minimum Gasteiger partial charge on any atom is -0.465 e. The molecular formula is C17H21NO3. The van der Waals surface area contributed by atoms with Gasteiger partial charge in [-0.15, -0.1) is 0 Å². The molecule has 0 unspecified atom stereocenters. The van der Waals surface area contributed by atoms with E-state index in [9.17, 15) is 9.59 Å². The minimum atomic E-state index is -0.266. The summed E-state index contributed by atoms with van der Waals surface area (Å²) >= 11 is 0. The van der Waals surface area contributed by atoms with Gasteiger partial charge in [0.05, 0.1) is 12.5 Å². The first-order valence-electron chi connectivity index (χ1n) is 7.64. The second kappa shape index (κ2) is 5.88. The van der Waals surface area contributed by atoms with Crippen LogP contribution in [-0.2, 0) is 20.7 Å². The van der Waals surface area contributed by atoms with E-state index < -0.39 is 0 Å². The normalized spacial score (nSPS) is 27.8. The van der Waals surface area contributed by atoms with E-state index in [0.717, 1.165) is 25.8 Å². The molecule has 1 aromatic carbocycles. The maximum absolute atomic E-state index is 12.6. The Labute approximate surface area is 125 Å². The van der Waals surface area contributed by atoms with Gasteiger partial charge in [0.1, 0.15) is 0 Å². The molecule has 0 saturated carbocycles. The molecule has 2 aliphatic heterocycles. The highest BCUT2D eigenvalue weighted by molar-refractivity contribution is 5.83. The third-order valence-electron chi connectivity index (χ3n) is 4.69. The van der Waals surface area contributed by atoms with Gasteiger partial charge >= 0.3 is 5.97 Å². The molecule has 2 aliphatic rings. The average Bonchev–Trinajstić information content (AvgIpc) is 3.03. The molecule has 2 saturated heterocycles. The van der Waals surface area contributed by atoms with Crippen LogP contribution in [0.5, 0.6) is 0 Å². The van der Waals surface area contributed by atoms with Crippen molar-refractivity contribution in [3.05, 3.63) is 35.9 Å². The quantitative estimate of drug-likeness (QED) is 0.796. The number of carbonyl (C=O) groups is 2. The van der Waals surface area contributed by atoms with Crippen molar-refractivity contribution >= 4 is 11.9 Å². The number of hydrogen-bond donors (Lipinski definition) is 0. The molecular weight excluding hydrogens is 266 g/mol. The van der Waals surface area contributed by atoms with Crippen LogP contribution in [0.2, 0.25) is 0 Å². The molecule has 1 aromatic rings. The largest absolute Gasteiger partial charge is 0.465 e. The Morgan fingerprint density at radius 1 is 1.33 bits per heavy atom. The molecule has 0 bridgehead atoms. The molecule has 4 nitrogen and oxygen atoms in total. The fraction of sp³-hybridized carbons (Fsp3) is 0.529. The van der Waals surface area contributed by atoms with Gasteiger partial charge < -0.3 is 9.64 Å². The van der Waals surface area contributed by atoms with Gasteiger partial charge in [-0.1, -0.05) is 30.3 Å². The molecule has 2 fully saturated rings. The Bertz CT molecular complexity index is 528. The van der Waals surface area contributed by atoms with E-state index in [4.69, 9.17) is 4.74 Å². The van der Waals surface area contributed by atoms with Gasteiger partial charge in [0.2, 0.25) is 5.91 Å². The van der Waals surface area contributed by atoms with Gasteiger partial charge in [-0.25, -0.2) is 0 Å². The lowest BCUT2D eigenvalue weighted by molar-refractivity contribution is -0.143. The highest BCUT2D eigenvalue weighted by Gasteiger charge is 2.49. The van der Waals surface area contributed by atoms with Crippen molar-refractivity contribution < 1.29 is 14.3 Å². The monoisotopic (exact) mass is 287 g/mol. The summed E-state index contributed by atoms with van der Waals surface area (Å²) in [7, 11) is 0. The first-order chi connectivity index (χ1) is 10.2. The van der Waals surface area contributed by atoms with Crippen LogP contribution < -0.4 is 0 Å². The van der Waals surface area contributed by atoms with E-state index in [1.807, 2.05) is 23.1 Å². The van der Waals surface area contributed by atoms with Crippen molar-refractivity contribution in [2.75, 3.05) is 13.2 Å². The third kappa shape index (κ3) is 2.80. The highest BCUT2D eigenvalue weighted by Crippen LogP contribution is 2.39. The summed E-state index contributed by atoms with van der Waals surface area (Å²) in [5, 5.41) is 0. The lowest BCUT2D eigenvalue weighted by atomic mass is 9.85. The Hall–Kier alpha value is -1.84. The predicted molar refractivity (Wildman–Crippen MR) is 78.5 cm³/mol. The first-order valence-corrected chi connectivity index (χ1v) is 7.64. The van der Waals surface area contributed by atoms with Crippen LogP contribution in [0.25, 0.3) is 0 Å². The van der Waals surface area contributed by atoms with Gasteiger partial charge in [-0.05, 0) is 24.8 Å². The fourth-order valence-corrected chi connectivity index (χ4v) is 3.72. The molecule has 3 rings (SSSR count). The van der Waals surface area contributed by atoms with Crippen LogP contribution in [-0.4, -0.2) is 36.0 Å². The Kier molecular flexibility index (Phi) is 3.95. The lowest BCUT2D eigenvalue weighted by Crippen LogP contribution is -2.30. The second-order valence-electron chi connectivity index (χ2n) is 6.00. The van der Waals surface area contributed by atoms with Crippen LogP contribution in [0.1, 0.15) is 25.3 Å². The van der Waals surface area contributed by atoms with Crippen LogP contribution >= 0.6 is 0 Å². The maximum Gasteiger partial charge on any atom is 0.302 e. The number of fused-ring (bicyclic) bond motifs is 1. The van der Waals surface area contributed by atoms with E-state index in [-0.39, 0.29) is 29.8 Å². The van der Waals surface area contributed by atoms with Crippen molar-refractivity contribution in [1.29, 1.82) is 0 Å². The van der Waals surface area contributed by atoms with E-state index in [0.29, 0.717) is 6.61 Å². The Balaban J connectivity index is 1.78. The summed E-state index contributed by atoms with van der Waals surface area (Å²) in [6, 6.07) is 10.3. The third-order valence-corrected chi connectivity index (χ3v) is 4.69. The molecule has 0 aliphatic carbocycles. The highest BCUT2D eigenvalue weighted by atomic mass is 16.5. The van der Waals surface area contributed by atoms with Crippen molar-refractivity contribution in [2.24, 2.45) is 11.8 Å². The number of hydrogen-bond acceptors (Lipinski definition) is 3. The van der Waals surface area contributed by atoms with Crippen LogP contribution in [0.4, 0.5) is 0 Å². The topological polar surface area (TPSA) is 46.6 Å². The molecule has 0 N–H and O–H groups in total. The van der Waals surface area contributed by atoms with Crippen molar-refractivity contribution in [2.45, 2.75) is 32.2 Å². The minimum absolute atomic E-state index is 0.0583. The molecule has 0 aromatic heterocycles. The number of benzene rings is 1. The predicted octanol–water partition coefficient (Wildman–Crippen LogP) is 2.03. The Morgan fingerprint density at radius 2 is 2.10 bits per heavy atom. The Morgan fingerprint density at radius 3 is 2.81 bits per heavy atom. The zero-order chi connectivity index (χ0) is 14.8. The van der Waals surface area contributed by atoms with E-state index >= 15 is 0 Å². The van der Waals surface area contributed by atoms with Crippen molar-refractivity contribution in [3.8, 4) is 0 Å². The van der Waals surface area contributed by atoms with E-state index in [1.165, 1.54) is 12.5 Å². The smallest absolute Gasteiger partial charge is 0.302 e. The summed E-state index contributed by atoms with van der Waals surface area (Å²) < 4.78 is 5.23. The van der Waals surface area contributed by atoms with E-state index in [2.05, 4.69) is 12.1 Å². The fourth-order valence-electron chi connectivity index (χ4n) is 3.72. The molecule has 0 radical (unpaired) electrons. The summed E-state index contributed by atoms with van der Waals surface area (Å²) in [5.74, 6) is 0.0389. The van der Waals surface area contributed by atoms with E-state index in [1.54, 1.807) is 0 Å². The molecule has 0 spiro atoms. The van der Waals surface area contributed by atoms with Gasteiger partial charge in [-0.2, -0.15) is 0 Å². The second-order valence-corrected chi connectivity index (χ2v) is 6.00. The maximum atomic E-state index is 12.6. The number of esters is 1. The molecule has 2 heterocycles. The molecule has 3 atom stereocenters. The molecule has 112 valence electrons. The number of nitrogens with zero attached hydrogens (tertiary/aromatic N) is 1. The first kappa shape index (κ1) is 14.1. The number of carbonyl (C=O) groups excluding carboxylic acids is 2. The van der Waals surface area contributed by atoms with Gasteiger partial charge in [0, 0.05) is 25.4 Å². The zero-order valence-corrected chi connectivity index (χ0v) is 12.3. The molecule has 21 heavy (non-hydrogen) atoms. The lowest BCUT2D eigenvalue weighted by Gasteiger charge is -2.21. The number of rotatable bonds is 4. The molecule has 1 amide bonds. The average molecular weight is 287 g/mol.